The highest BCUT2D eigenvalue weighted by Crippen LogP contribution is 2.59. The average molecular weight is 615 g/mol. The molecule has 5 aromatic rings. The van der Waals surface area contributed by atoms with Crippen LogP contribution in [-0.2, 0) is 22.1 Å². The minimum absolute atomic E-state index is 0.112. The predicted octanol–water partition coefficient (Wildman–Crippen LogP) is 7.74. The zero-order valence-corrected chi connectivity index (χ0v) is 24.6. The summed E-state index contributed by atoms with van der Waals surface area (Å²) in [6.07, 6.45) is 4.21. The Hall–Kier alpha value is -4.56. The molecule has 0 aliphatic rings. The zero-order chi connectivity index (χ0) is 31.4. The lowest BCUT2D eigenvalue weighted by Crippen LogP contribution is -2.38. The summed E-state index contributed by atoms with van der Waals surface area (Å²) >= 11 is 0. The van der Waals surface area contributed by atoms with Crippen LogP contribution in [0.2, 0.25) is 0 Å². The van der Waals surface area contributed by atoms with E-state index in [0.717, 1.165) is 17.7 Å². The van der Waals surface area contributed by atoms with Gasteiger partial charge in [0.15, 0.2) is 11.6 Å². The first-order chi connectivity index (χ1) is 21.0. The second kappa shape index (κ2) is 12.6. The summed E-state index contributed by atoms with van der Waals surface area (Å²) in [5.74, 6) is 0.637. The van der Waals surface area contributed by atoms with Gasteiger partial charge in [-0.1, -0.05) is 114 Å². The van der Waals surface area contributed by atoms with Crippen molar-refractivity contribution in [3.8, 4) is 11.5 Å². The van der Waals surface area contributed by atoms with Gasteiger partial charge in [0.1, 0.15) is 0 Å². The van der Waals surface area contributed by atoms with Crippen molar-refractivity contribution in [1.82, 2.24) is 10.1 Å². The summed E-state index contributed by atoms with van der Waals surface area (Å²) in [4.78, 5) is 37.2. The molecule has 1 aromatic heterocycles. The number of hydrogen-bond donors (Lipinski definition) is 2. The van der Waals surface area contributed by atoms with E-state index < -0.39 is 24.2 Å². The predicted molar refractivity (Wildman–Crippen MR) is 163 cm³/mol. The number of aromatic nitrogens is 2. The molecule has 0 saturated carbocycles. The fraction of sp³-hybridized carbons (Fsp3) is 0.147. The summed E-state index contributed by atoms with van der Waals surface area (Å²) in [6.45, 7) is 1.71. The molecule has 5 rings (SSSR count). The normalized spacial score (nSPS) is 13.6. The highest BCUT2D eigenvalue weighted by Gasteiger charge is 2.50. The van der Waals surface area contributed by atoms with E-state index in [9.17, 15) is 27.9 Å². The number of carbonyl (C=O) groups excluding carboxylic acids is 1. The van der Waals surface area contributed by atoms with Crippen LogP contribution in [0.4, 0.5) is 8.78 Å². The number of Topliss-reactive ketones (excluding diaryl/α,β-unsaturated/α-hetero) is 1. The second-order valence-electron chi connectivity index (χ2n) is 10.5. The van der Waals surface area contributed by atoms with Crippen LogP contribution in [0.15, 0.2) is 120 Å². The lowest BCUT2D eigenvalue weighted by molar-refractivity contribution is 0.0564. The van der Waals surface area contributed by atoms with Gasteiger partial charge in [0.05, 0.1) is 5.41 Å². The molecule has 7 nitrogen and oxygen atoms in total. The van der Waals surface area contributed by atoms with Crippen LogP contribution in [0.25, 0.3) is 17.5 Å². The van der Waals surface area contributed by atoms with Gasteiger partial charge in [-0.3, -0.25) is 9.36 Å². The van der Waals surface area contributed by atoms with Crippen LogP contribution in [-0.4, -0.2) is 25.7 Å². The van der Waals surface area contributed by atoms with E-state index in [1.54, 1.807) is 43.3 Å². The Morgan fingerprint density at radius 1 is 0.864 bits per heavy atom. The number of allylic oxidation sites excluding steroid dienone is 1. The molecule has 1 heterocycles. The summed E-state index contributed by atoms with van der Waals surface area (Å²) in [5.41, 5.74) is -3.05. The molecule has 0 aliphatic heterocycles. The Kier molecular flexibility index (Phi) is 8.83. The van der Waals surface area contributed by atoms with Gasteiger partial charge in [-0.05, 0) is 48.6 Å². The lowest BCUT2D eigenvalue weighted by atomic mass is 9.68. The summed E-state index contributed by atoms with van der Waals surface area (Å²) in [7, 11) is -5.74. The molecule has 0 saturated heterocycles. The molecule has 10 heteroatoms. The molecule has 0 amide bonds. The number of ketones is 1. The van der Waals surface area contributed by atoms with E-state index in [4.69, 9.17) is 4.52 Å². The Balaban J connectivity index is 1.62. The summed E-state index contributed by atoms with van der Waals surface area (Å²) < 4.78 is 45.6. The number of nitrogens with zero attached hydrogens (tertiary/aromatic N) is 2. The number of halogens is 2. The quantitative estimate of drug-likeness (QED) is 0.116. The molecule has 0 spiro atoms. The van der Waals surface area contributed by atoms with Crippen LogP contribution in [0.5, 0.6) is 0 Å². The van der Waals surface area contributed by atoms with Crippen molar-refractivity contribution in [3.63, 3.8) is 0 Å². The van der Waals surface area contributed by atoms with Gasteiger partial charge in [-0.15, -0.1) is 0 Å². The summed E-state index contributed by atoms with van der Waals surface area (Å²) in [6, 6.07) is 30.4. The van der Waals surface area contributed by atoms with Crippen LogP contribution in [0.3, 0.4) is 0 Å². The number of aryl methyl sites for hydroxylation is 1. The minimum atomic E-state index is -5.74. The van der Waals surface area contributed by atoms with E-state index in [-0.39, 0.29) is 18.6 Å². The third-order valence-corrected chi connectivity index (χ3v) is 8.42. The fourth-order valence-corrected chi connectivity index (χ4v) is 5.59. The first-order valence-corrected chi connectivity index (χ1v) is 15.4. The maximum Gasteiger partial charge on any atom is 0.399 e. The maximum atomic E-state index is 14.5. The smallest absolute Gasteiger partial charge is 0.334 e. The van der Waals surface area contributed by atoms with Crippen molar-refractivity contribution in [2.24, 2.45) is 0 Å². The Labute approximate surface area is 253 Å². The van der Waals surface area contributed by atoms with Gasteiger partial charge in [0, 0.05) is 16.7 Å². The first kappa shape index (κ1) is 30.9. The van der Waals surface area contributed by atoms with E-state index in [2.05, 4.69) is 10.1 Å². The minimum Gasteiger partial charge on any atom is -0.334 e. The van der Waals surface area contributed by atoms with Gasteiger partial charge in [0.25, 0.3) is 5.89 Å². The average Bonchev–Trinajstić information content (AvgIpc) is 3.47. The maximum absolute atomic E-state index is 14.5. The Morgan fingerprint density at radius 3 is 2.02 bits per heavy atom. The van der Waals surface area contributed by atoms with Crippen molar-refractivity contribution in [2.75, 3.05) is 0 Å². The van der Waals surface area contributed by atoms with E-state index >= 15 is 0 Å². The van der Waals surface area contributed by atoms with Crippen LogP contribution < -0.4 is 0 Å². The van der Waals surface area contributed by atoms with Gasteiger partial charge in [-0.2, -0.15) is 13.8 Å². The molecule has 224 valence electrons. The number of carbonyl (C=O) groups is 1. The van der Waals surface area contributed by atoms with Crippen LogP contribution in [0.1, 0.15) is 44.9 Å². The fourth-order valence-electron chi connectivity index (χ4n) is 5.11. The largest absolute Gasteiger partial charge is 0.399 e. The molecule has 0 bridgehead atoms. The van der Waals surface area contributed by atoms with E-state index in [1.165, 1.54) is 12.1 Å². The van der Waals surface area contributed by atoms with Crippen LogP contribution in [0, 0.1) is 6.92 Å². The van der Waals surface area contributed by atoms with E-state index in [1.807, 2.05) is 60.7 Å². The number of alkyl halides is 2. The van der Waals surface area contributed by atoms with Crippen molar-refractivity contribution >= 4 is 19.5 Å². The number of rotatable bonds is 11. The number of hydrogen-bond acceptors (Lipinski definition) is 5. The third kappa shape index (κ3) is 6.50. The first-order valence-electron chi connectivity index (χ1n) is 13.8. The van der Waals surface area contributed by atoms with Crippen molar-refractivity contribution in [2.45, 2.75) is 30.8 Å². The topological polar surface area (TPSA) is 114 Å². The number of benzene rings is 4. The van der Waals surface area contributed by atoms with Gasteiger partial charge < -0.3 is 14.3 Å². The molecule has 44 heavy (non-hydrogen) atoms. The zero-order valence-electron chi connectivity index (χ0n) is 23.7. The molecule has 2 N–H and O–H groups in total. The highest BCUT2D eigenvalue weighted by atomic mass is 31.2. The molecule has 0 aliphatic carbocycles. The SMILES string of the molecule is Cc1noc(-c2ccc(C(CC=Cc3ccccc3)(Cc3ccc(C(F)(F)P(=O)(O)O)cc3)C(=O)c3ccccc3)cc2)n1. The molecular formula is C34H29F2N2O5P. The highest BCUT2D eigenvalue weighted by molar-refractivity contribution is 7.52. The monoisotopic (exact) mass is 614 g/mol. The van der Waals surface area contributed by atoms with E-state index in [0.29, 0.717) is 34.0 Å². The molecule has 4 aromatic carbocycles. The van der Waals surface area contributed by atoms with Crippen molar-refractivity contribution in [3.05, 3.63) is 149 Å². The Morgan fingerprint density at radius 2 is 1.45 bits per heavy atom. The molecule has 1 atom stereocenters. The third-order valence-electron chi connectivity index (χ3n) is 7.43. The Bertz CT molecular complexity index is 1800. The molecule has 1 unspecified atom stereocenters. The van der Waals surface area contributed by atoms with Crippen molar-refractivity contribution in [1.29, 1.82) is 0 Å². The summed E-state index contributed by atoms with van der Waals surface area (Å²) in [5, 5.41) is 3.85. The molecular weight excluding hydrogens is 585 g/mol. The molecule has 0 radical (unpaired) electrons. The van der Waals surface area contributed by atoms with Crippen LogP contribution >= 0.6 is 7.60 Å². The van der Waals surface area contributed by atoms with Gasteiger partial charge in [0.2, 0.25) is 0 Å². The standard InChI is InChI=1S/C34H29F2N2O5P/c1-24-37-32(43-38-24)28-16-20-29(21-17-28)33(31(39)27-12-6-3-7-13-27,22-8-11-25-9-4-2-5-10-25)23-26-14-18-30(19-15-26)34(35,36)44(40,41)42/h2-21H,22-23H2,1H3,(H2,40,41,42). The lowest BCUT2D eigenvalue weighted by Gasteiger charge is -2.33. The molecule has 0 fully saturated rings. The van der Waals surface area contributed by atoms with Gasteiger partial charge >= 0.3 is 13.3 Å². The second-order valence-corrected chi connectivity index (χ2v) is 12.1. The van der Waals surface area contributed by atoms with Gasteiger partial charge in [-0.25, -0.2) is 0 Å². The van der Waals surface area contributed by atoms with Crippen molar-refractivity contribution < 1.29 is 32.5 Å².